The van der Waals surface area contributed by atoms with Crippen molar-refractivity contribution in [3.05, 3.63) is 95.0 Å². The second-order valence-corrected chi connectivity index (χ2v) is 10.7. The van der Waals surface area contributed by atoms with Gasteiger partial charge in [-0.25, -0.2) is 0 Å². The van der Waals surface area contributed by atoms with Gasteiger partial charge in [-0.05, 0) is 42.0 Å². The first-order valence-corrected chi connectivity index (χ1v) is 12.1. The predicted octanol–water partition coefficient (Wildman–Crippen LogP) is 6.30. The van der Waals surface area contributed by atoms with Crippen LogP contribution in [0.2, 0.25) is 0 Å². The van der Waals surface area contributed by atoms with E-state index in [1.807, 2.05) is 94.3 Å². The average Bonchev–Trinajstić information content (AvgIpc) is 3.12. The smallest absolute Gasteiger partial charge is 0.270 e. The lowest BCUT2D eigenvalue weighted by Gasteiger charge is -2.37. The normalized spacial score (nSPS) is 16.6. The first-order chi connectivity index (χ1) is 14.1. The molecular formula is C23H22BrN2O2P. The van der Waals surface area contributed by atoms with Crippen LogP contribution in [0.1, 0.15) is 17.6 Å². The largest absolute Gasteiger partial charge is 0.305 e. The summed E-state index contributed by atoms with van der Waals surface area (Å²) in [6, 6.07) is 27.5. The highest BCUT2D eigenvalue weighted by molar-refractivity contribution is 9.10. The number of rotatable bonds is 6. The maximum absolute atomic E-state index is 14.9. The van der Waals surface area contributed by atoms with Crippen LogP contribution < -0.4 is 9.34 Å². The van der Waals surface area contributed by atoms with Crippen molar-refractivity contribution < 1.29 is 9.36 Å². The number of carbonyl (C=O) groups excluding carboxylic acids is 1. The fraction of sp³-hybridized carbons (Fsp3) is 0.174. The summed E-state index contributed by atoms with van der Waals surface area (Å²) in [6.07, 6.45) is 1.09. The molecule has 6 heteroatoms. The van der Waals surface area contributed by atoms with E-state index in [0.29, 0.717) is 13.1 Å². The summed E-state index contributed by atoms with van der Waals surface area (Å²) in [6.45, 7) is 1.28. The minimum absolute atomic E-state index is 0.200. The molecule has 0 N–H and O–H groups in total. The van der Waals surface area contributed by atoms with Crippen molar-refractivity contribution in [2.75, 3.05) is 22.4 Å². The van der Waals surface area contributed by atoms with Gasteiger partial charge in [-0.2, -0.15) is 0 Å². The van der Waals surface area contributed by atoms with Crippen LogP contribution in [0, 0.1) is 0 Å². The zero-order chi connectivity index (χ0) is 20.3. The lowest BCUT2D eigenvalue weighted by molar-refractivity contribution is -0.107. The molecule has 3 aromatic carbocycles. The highest BCUT2D eigenvalue weighted by Gasteiger charge is 2.49. The Bertz CT molecular complexity index is 961. The van der Waals surface area contributed by atoms with E-state index in [2.05, 4.69) is 15.9 Å². The summed E-state index contributed by atoms with van der Waals surface area (Å²) in [5, 5.41) is 0. The van der Waals surface area contributed by atoms with E-state index in [0.717, 1.165) is 27.7 Å². The van der Waals surface area contributed by atoms with Gasteiger partial charge in [-0.1, -0.05) is 64.5 Å². The first-order valence-electron chi connectivity index (χ1n) is 9.59. The maximum atomic E-state index is 14.9. The fourth-order valence-electron chi connectivity index (χ4n) is 3.98. The fourth-order valence-corrected chi connectivity index (χ4v) is 7.78. The minimum Gasteiger partial charge on any atom is -0.305 e. The molecule has 0 radical (unpaired) electrons. The third kappa shape index (κ3) is 3.77. The van der Waals surface area contributed by atoms with Crippen LogP contribution in [-0.2, 0) is 9.36 Å². The molecule has 3 aromatic rings. The molecule has 1 aliphatic heterocycles. The predicted molar refractivity (Wildman–Crippen MR) is 123 cm³/mol. The number of anilines is 2. The number of aldehydes is 1. The van der Waals surface area contributed by atoms with Gasteiger partial charge in [0.25, 0.3) is 7.44 Å². The van der Waals surface area contributed by atoms with Crippen molar-refractivity contribution in [3.8, 4) is 0 Å². The lowest BCUT2D eigenvalue weighted by Crippen LogP contribution is -2.24. The van der Waals surface area contributed by atoms with E-state index in [1.165, 1.54) is 0 Å². The Morgan fingerprint density at radius 2 is 1.31 bits per heavy atom. The molecule has 0 aliphatic carbocycles. The Morgan fingerprint density at radius 3 is 1.76 bits per heavy atom. The van der Waals surface area contributed by atoms with Gasteiger partial charge in [-0.15, -0.1) is 0 Å². The molecule has 29 heavy (non-hydrogen) atoms. The monoisotopic (exact) mass is 468 g/mol. The number of hydrogen-bond acceptors (Lipinski definition) is 2. The summed E-state index contributed by atoms with van der Waals surface area (Å²) < 4.78 is 19.9. The molecule has 1 aliphatic rings. The van der Waals surface area contributed by atoms with Crippen LogP contribution in [0.15, 0.2) is 89.4 Å². The van der Waals surface area contributed by atoms with Crippen molar-refractivity contribution >= 4 is 41.0 Å². The zero-order valence-corrected chi connectivity index (χ0v) is 18.4. The van der Waals surface area contributed by atoms with Crippen LogP contribution in [0.5, 0.6) is 0 Å². The molecular weight excluding hydrogens is 447 g/mol. The van der Waals surface area contributed by atoms with Crippen molar-refractivity contribution in [2.24, 2.45) is 0 Å². The van der Waals surface area contributed by atoms with Gasteiger partial charge in [0.1, 0.15) is 6.29 Å². The molecule has 0 bridgehead atoms. The van der Waals surface area contributed by atoms with E-state index in [4.69, 9.17) is 0 Å². The number of benzene rings is 3. The molecule has 0 amide bonds. The Kier molecular flexibility index (Phi) is 5.89. The topological polar surface area (TPSA) is 40.6 Å². The number of halogens is 1. The third-order valence-electron chi connectivity index (χ3n) is 5.30. The van der Waals surface area contributed by atoms with Gasteiger partial charge in [0, 0.05) is 35.4 Å². The Morgan fingerprint density at radius 1 is 0.828 bits per heavy atom. The lowest BCUT2D eigenvalue weighted by atomic mass is 10.1. The Balaban J connectivity index is 1.87. The number of hydrogen-bond donors (Lipinski definition) is 0. The third-order valence-corrected chi connectivity index (χ3v) is 9.40. The van der Waals surface area contributed by atoms with Gasteiger partial charge >= 0.3 is 0 Å². The van der Waals surface area contributed by atoms with Gasteiger partial charge in [0.15, 0.2) is 0 Å². The highest BCUT2D eigenvalue weighted by Crippen LogP contribution is 2.69. The zero-order valence-electron chi connectivity index (χ0n) is 15.9. The summed E-state index contributed by atoms with van der Waals surface area (Å²) in [5.74, 6) is 0. The SMILES string of the molecule is O=CCC(c1ccc(Br)cc1)P1(=O)N(c2ccccc2)CCN1c1ccccc1. The quantitative estimate of drug-likeness (QED) is 0.314. The summed E-state index contributed by atoms with van der Waals surface area (Å²) >= 11 is 3.47. The van der Waals surface area contributed by atoms with Crippen molar-refractivity contribution in [3.63, 3.8) is 0 Å². The van der Waals surface area contributed by atoms with Crippen LogP contribution in [0.3, 0.4) is 0 Å². The van der Waals surface area contributed by atoms with Gasteiger partial charge in [0.2, 0.25) is 0 Å². The van der Waals surface area contributed by atoms with E-state index >= 15 is 0 Å². The van der Waals surface area contributed by atoms with Crippen molar-refractivity contribution in [2.45, 2.75) is 12.1 Å². The molecule has 1 heterocycles. The molecule has 1 fully saturated rings. The molecule has 148 valence electrons. The van der Waals surface area contributed by atoms with E-state index in [-0.39, 0.29) is 6.42 Å². The van der Waals surface area contributed by atoms with Crippen LogP contribution >= 0.6 is 23.4 Å². The van der Waals surface area contributed by atoms with E-state index in [9.17, 15) is 9.36 Å². The summed E-state index contributed by atoms with van der Waals surface area (Å²) in [5.41, 5.74) is 2.33. The van der Waals surface area contributed by atoms with Gasteiger partial charge < -0.3 is 14.1 Å². The van der Waals surface area contributed by atoms with E-state index < -0.39 is 13.1 Å². The summed E-state index contributed by atoms with van der Waals surface area (Å²) in [4.78, 5) is 11.7. The second kappa shape index (κ2) is 8.56. The minimum atomic E-state index is -3.18. The average molecular weight is 469 g/mol. The maximum Gasteiger partial charge on any atom is 0.270 e. The molecule has 1 saturated heterocycles. The number of nitrogens with zero attached hydrogens (tertiary/aromatic N) is 2. The Hall–Kier alpha value is -2.36. The van der Waals surface area contributed by atoms with Crippen LogP contribution in [0.4, 0.5) is 11.4 Å². The molecule has 1 atom stereocenters. The molecule has 0 saturated carbocycles. The molecule has 1 unspecified atom stereocenters. The molecule has 4 rings (SSSR count). The van der Waals surface area contributed by atoms with Crippen LogP contribution in [-0.4, -0.2) is 19.4 Å². The number of para-hydroxylation sites is 2. The van der Waals surface area contributed by atoms with Gasteiger partial charge in [0.05, 0.1) is 5.66 Å². The second-order valence-electron chi connectivity index (χ2n) is 6.98. The van der Waals surface area contributed by atoms with Crippen molar-refractivity contribution in [1.82, 2.24) is 0 Å². The summed E-state index contributed by atoms with van der Waals surface area (Å²) in [7, 11) is -3.18. The number of carbonyl (C=O) groups is 1. The standard InChI is InChI=1S/C23H22BrN2O2P/c24-20-13-11-19(12-14-20)23(15-18-27)29(28)25(21-7-3-1-4-8-21)16-17-26(29)22-9-5-2-6-10-22/h1-14,18,23H,15-17H2. The Labute approximate surface area is 179 Å². The van der Waals surface area contributed by atoms with Gasteiger partial charge in [-0.3, -0.25) is 4.57 Å². The molecule has 4 nitrogen and oxygen atoms in total. The molecule has 0 aromatic heterocycles. The highest BCUT2D eigenvalue weighted by atomic mass is 79.9. The van der Waals surface area contributed by atoms with E-state index in [1.54, 1.807) is 0 Å². The first kappa shape index (κ1) is 19.9. The molecule has 0 spiro atoms. The van der Waals surface area contributed by atoms with Crippen molar-refractivity contribution in [1.29, 1.82) is 0 Å². The van der Waals surface area contributed by atoms with Crippen LogP contribution in [0.25, 0.3) is 0 Å².